The second-order valence-electron chi connectivity index (χ2n) is 5.03. The number of hydrogen-bond acceptors (Lipinski definition) is 3. The quantitative estimate of drug-likeness (QED) is 0.816. The van der Waals surface area contributed by atoms with Gasteiger partial charge in [-0.3, -0.25) is 0 Å². The predicted molar refractivity (Wildman–Crippen MR) is 78.9 cm³/mol. The van der Waals surface area contributed by atoms with Crippen molar-refractivity contribution in [2.24, 2.45) is 0 Å². The number of pyridine rings is 1. The Morgan fingerprint density at radius 3 is 2.95 bits per heavy atom. The number of allylic oxidation sites excluding steroid dienone is 2. The van der Waals surface area contributed by atoms with Crippen LogP contribution < -0.4 is 5.73 Å². The van der Waals surface area contributed by atoms with E-state index in [9.17, 15) is 5.26 Å². The van der Waals surface area contributed by atoms with Crippen molar-refractivity contribution in [3.8, 4) is 17.5 Å². The highest BCUT2D eigenvalue weighted by atomic mass is 14.9. The van der Waals surface area contributed by atoms with Gasteiger partial charge in [-0.1, -0.05) is 12.2 Å². The van der Waals surface area contributed by atoms with Crippen molar-refractivity contribution >= 4 is 5.82 Å². The topological polar surface area (TPSA) is 78.5 Å². The average Bonchev–Trinajstić information content (AvgIpc) is 3.01. The van der Waals surface area contributed by atoms with Gasteiger partial charge in [-0.2, -0.15) is 5.26 Å². The normalized spacial score (nSPS) is 17.9. The Hall–Kier alpha value is -2.54. The zero-order valence-corrected chi connectivity index (χ0v) is 11.1. The molecule has 20 heavy (non-hydrogen) atoms. The van der Waals surface area contributed by atoms with E-state index in [-0.39, 0.29) is 0 Å². The Balaban J connectivity index is 2.11. The standard InChI is InChI=1S/C16H16N4/c17-10-13-12(11-5-2-1-3-6-11)9-15(20-16(13)18)14-7-4-8-19-14/h1-2,4,7-9,11,19H,3,5-6H2,(H2,18,20). The minimum absolute atomic E-state index is 0.323. The monoisotopic (exact) mass is 264 g/mol. The number of aromatic amines is 1. The van der Waals surface area contributed by atoms with Crippen molar-refractivity contribution in [1.82, 2.24) is 9.97 Å². The molecule has 2 aromatic rings. The first kappa shape index (κ1) is 12.5. The van der Waals surface area contributed by atoms with E-state index < -0.39 is 0 Å². The maximum Gasteiger partial charge on any atom is 0.142 e. The molecule has 0 aliphatic heterocycles. The summed E-state index contributed by atoms with van der Waals surface area (Å²) in [6, 6.07) is 8.10. The van der Waals surface area contributed by atoms with E-state index in [4.69, 9.17) is 5.73 Å². The van der Waals surface area contributed by atoms with Crippen LogP contribution in [0.2, 0.25) is 0 Å². The number of nitrogens with zero attached hydrogens (tertiary/aromatic N) is 2. The summed E-state index contributed by atoms with van der Waals surface area (Å²) in [5.41, 5.74) is 9.26. The number of nitriles is 1. The lowest BCUT2D eigenvalue weighted by Crippen LogP contribution is -2.08. The minimum atomic E-state index is 0.323. The number of H-pyrrole nitrogens is 1. The van der Waals surface area contributed by atoms with Crippen LogP contribution in [0.3, 0.4) is 0 Å². The first-order chi connectivity index (χ1) is 9.79. The predicted octanol–water partition coefficient (Wildman–Crippen LogP) is 3.35. The summed E-state index contributed by atoms with van der Waals surface area (Å²) in [6.45, 7) is 0. The summed E-state index contributed by atoms with van der Waals surface area (Å²) < 4.78 is 0. The lowest BCUT2D eigenvalue weighted by Gasteiger charge is -2.20. The molecule has 0 saturated carbocycles. The Morgan fingerprint density at radius 2 is 2.30 bits per heavy atom. The summed E-state index contributed by atoms with van der Waals surface area (Å²) in [5, 5.41) is 9.36. The number of rotatable bonds is 2. The fraction of sp³-hybridized carbons (Fsp3) is 0.250. The van der Waals surface area contributed by atoms with E-state index in [1.165, 1.54) is 0 Å². The smallest absolute Gasteiger partial charge is 0.142 e. The van der Waals surface area contributed by atoms with Crippen LogP contribution >= 0.6 is 0 Å². The summed E-state index contributed by atoms with van der Waals surface area (Å²) in [7, 11) is 0. The van der Waals surface area contributed by atoms with Gasteiger partial charge in [-0.05, 0) is 48.9 Å². The van der Waals surface area contributed by atoms with Crippen molar-refractivity contribution in [1.29, 1.82) is 5.26 Å². The number of nitrogens with one attached hydrogen (secondary N) is 1. The van der Waals surface area contributed by atoms with E-state index >= 15 is 0 Å². The Kier molecular flexibility index (Phi) is 3.26. The molecule has 0 radical (unpaired) electrons. The van der Waals surface area contributed by atoms with Crippen LogP contribution in [0.4, 0.5) is 5.82 Å². The van der Waals surface area contributed by atoms with Gasteiger partial charge in [-0.15, -0.1) is 0 Å². The average molecular weight is 264 g/mol. The molecule has 3 N–H and O–H groups in total. The molecule has 4 heteroatoms. The second-order valence-corrected chi connectivity index (χ2v) is 5.03. The van der Waals surface area contributed by atoms with Crippen LogP contribution in [0.25, 0.3) is 11.4 Å². The third kappa shape index (κ3) is 2.19. The summed E-state index contributed by atoms with van der Waals surface area (Å²) in [5.74, 6) is 0.679. The van der Waals surface area contributed by atoms with Gasteiger partial charge in [0, 0.05) is 6.20 Å². The molecule has 2 heterocycles. The fourth-order valence-electron chi connectivity index (χ4n) is 2.73. The SMILES string of the molecule is N#Cc1c(C2CC=CCC2)cc(-c2ccc[nH]2)nc1N. The number of nitrogens with two attached hydrogens (primary N) is 1. The Bertz CT molecular complexity index is 677. The van der Waals surface area contributed by atoms with Gasteiger partial charge in [0.2, 0.25) is 0 Å². The van der Waals surface area contributed by atoms with Gasteiger partial charge in [-0.25, -0.2) is 4.98 Å². The van der Waals surface area contributed by atoms with E-state index in [0.29, 0.717) is 17.3 Å². The van der Waals surface area contributed by atoms with Gasteiger partial charge < -0.3 is 10.7 Å². The van der Waals surface area contributed by atoms with Crippen LogP contribution in [0.1, 0.15) is 36.3 Å². The van der Waals surface area contributed by atoms with Crippen LogP contribution in [0.5, 0.6) is 0 Å². The van der Waals surface area contributed by atoms with Gasteiger partial charge in [0.1, 0.15) is 11.9 Å². The molecule has 1 unspecified atom stereocenters. The lowest BCUT2D eigenvalue weighted by atomic mass is 9.85. The van der Waals surface area contributed by atoms with E-state index in [2.05, 4.69) is 28.2 Å². The molecule has 0 saturated heterocycles. The molecule has 3 rings (SSSR count). The zero-order chi connectivity index (χ0) is 13.9. The first-order valence-corrected chi connectivity index (χ1v) is 6.79. The molecule has 1 atom stereocenters. The molecule has 0 fully saturated rings. The maximum atomic E-state index is 9.36. The third-order valence-corrected chi connectivity index (χ3v) is 3.77. The molecule has 2 aromatic heterocycles. The summed E-state index contributed by atoms with van der Waals surface area (Å²) >= 11 is 0. The summed E-state index contributed by atoms with van der Waals surface area (Å²) in [6.07, 6.45) is 9.30. The Morgan fingerprint density at radius 1 is 1.40 bits per heavy atom. The molecule has 4 nitrogen and oxygen atoms in total. The van der Waals surface area contributed by atoms with Crippen molar-refractivity contribution in [2.45, 2.75) is 25.2 Å². The Labute approximate surface area is 118 Å². The fourth-order valence-corrected chi connectivity index (χ4v) is 2.73. The van der Waals surface area contributed by atoms with Gasteiger partial charge in [0.15, 0.2) is 0 Å². The van der Waals surface area contributed by atoms with Crippen LogP contribution in [0.15, 0.2) is 36.5 Å². The van der Waals surface area contributed by atoms with E-state index in [1.807, 2.05) is 24.4 Å². The first-order valence-electron chi connectivity index (χ1n) is 6.79. The minimum Gasteiger partial charge on any atom is -0.383 e. The molecule has 0 amide bonds. The van der Waals surface area contributed by atoms with Gasteiger partial charge in [0.25, 0.3) is 0 Å². The molecule has 1 aliphatic rings. The molecule has 0 spiro atoms. The number of aromatic nitrogens is 2. The second kappa shape index (κ2) is 5.22. The van der Waals surface area contributed by atoms with E-state index in [1.54, 1.807) is 0 Å². The van der Waals surface area contributed by atoms with Gasteiger partial charge in [0.05, 0.1) is 17.0 Å². The molecular weight excluding hydrogens is 248 g/mol. The van der Waals surface area contributed by atoms with Crippen LogP contribution in [-0.4, -0.2) is 9.97 Å². The molecular formula is C16H16N4. The van der Waals surface area contributed by atoms with Gasteiger partial charge >= 0.3 is 0 Å². The highest BCUT2D eigenvalue weighted by Gasteiger charge is 2.20. The number of nitrogen functional groups attached to an aromatic ring is 1. The molecule has 1 aliphatic carbocycles. The number of hydrogen-bond donors (Lipinski definition) is 2. The van der Waals surface area contributed by atoms with Crippen molar-refractivity contribution < 1.29 is 0 Å². The van der Waals surface area contributed by atoms with Crippen LogP contribution in [-0.2, 0) is 0 Å². The largest absolute Gasteiger partial charge is 0.383 e. The van der Waals surface area contributed by atoms with Crippen molar-refractivity contribution in [3.05, 3.63) is 47.7 Å². The van der Waals surface area contributed by atoms with Crippen molar-refractivity contribution in [2.75, 3.05) is 5.73 Å². The summed E-state index contributed by atoms with van der Waals surface area (Å²) in [4.78, 5) is 7.48. The molecule has 0 bridgehead atoms. The number of anilines is 1. The van der Waals surface area contributed by atoms with Crippen molar-refractivity contribution in [3.63, 3.8) is 0 Å². The van der Waals surface area contributed by atoms with E-state index in [0.717, 1.165) is 36.2 Å². The molecule has 100 valence electrons. The highest BCUT2D eigenvalue weighted by molar-refractivity contribution is 5.64. The third-order valence-electron chi connectivity index (χ3n) is 3.77. The zero-order valence-electron chi connectivity index (χ0n) is 11.1. The maximum absolute atomic E-state index is 9.36. The lowest BCUT2D eigenvalue weighted by molar-refractivity contribution is 0.615. The molecule has 0 aromatic carbocycles. The van der Waals surface area contributed by atoms with Crippen LogP contribution in [0, 0.1) is 11.3 Å². The highest BCUT2D eigenvalue weighted by Crippen LogP contribution is 2.34.